The second-order valence-corrected chi connectivity index (χ2v) is 8.86. The second kappa shape index (κ2) is 12.9. The van der Waals surface area contributed by atoms with Gasteiger partial charge in [0.2, 0.25) is 5.91 Å². The molecule has 2 aromatic heterocycles. The van der Waals surface area contributed by atoms with Crippen LogP contribution in [0, 0.1) is 0 Å². The third kappa shape index (κ3) is 7.55. The lowest BCUT2D eigenvalue weighted by Gasteiger charge is -2.20. The molecule has 188 valence electrons. The number of pyridine rings is 1. The van der Waals surface area contributed by atoms with E-state index >= 15 is 0 Å². The van der Waals surface area contributed by atoms with E-state index in [2.05, 4.69) is 33.9 Å². The van der Waals surface area contributed by atoms with E-state index in [1.165, 1.54) is 0 Å². The number of amides is 2. The summed E-state index contributed by atoms with van der Waals surface area (Å²) in [5.74, 6) is 0.851. The molecule has 3 rings (SSSR count). The largest absolute Gasteiger partial charge is 0.378 e. The highest BCUT2D eigenvalue weighted by Gasteiger charge is 2.13. The molecule has 1 N–H and O–H groups in total. The van der Waals surface area contributed by atoms with Crippen molar-refractivity contribution in [1.29, 1.82) is 0 Å². The van der Waals surface area contributed by atoms with Gasteiger partial charge in [0.1, 0.15) is 5.82 Å². The average Bonchev–Trinajstić information content (AvgIpc) is 3.29. The van der Waals surface area contributed by atoms with Gasteiger partial charge >= 0.3 is 0 Å². The molecule has 0 aliphatic heterocycles. The monoisotopic (exact) mass is 479 g/mol. The van der Waals surface area contributed by atoms with Crippen LogP contribution in [0.3, 0.4) is 0 Å². The van der Waals surface area contributed by atoms with Crippen LogP contribution in [0.1, 0.15) is 35.8 Å². The van der Waals surface area contributed by atoms with E-state index in [-0.39, 0.29) is 11.8 Å². The Morgan fingerprint density at radius 2 is 1.71 bits per heavy atom. The molecule has 0 bridgehead atoms. The van der Waals surface area contributed by atoms with Gasteiger partial charge < -0.3 is 24.4 Å². The number of hydrogen-bond donors (Lipinski definition) is 1. The van der Waals surface area contributed by atoms with Gasteiger partial charge in [-0.2, -0.15) is 0 Å². The van der Waals surface area contributed by atoms with E-state index in [9.17, 15) is 9.59 Å². The normalized spacial score (nSPS) is 11.0. The molecule has 2 amide bonds. The molecule has 8 nitrogen and oxygen atoms in total. The zero-order valence-corrected chi connectivity index (χ0v) is 21.3. The number of benzene rings is 1. The van der Waals surface area contributed by atoms with Crippen LogP contribution in [-0.2, 0) is 16.0 Å². The SMILES string of the molecule is CCCN(C)c1ccc(C(=O)N(C)CCOCCN(C)C(=O)CCc2cc3ccccc3[nH]2)cn1. The van der Waals surface area contributed by atoms with Crippen LogP contribution in [0.5, 0.6) is 0 Å². The lowest BCUT2D eigenvalue weighted by atomic mass is 10.2. The number of anilines is 1. The Morgan fingerprint density at radius 3 is 2.40 bits per heavy atom. The molecule has 0 radical (unpaired) electrons. The van der Waals surface area contributed by atoms with Gasteiger partial charge in [-0.15, -0.1) is 0 Å². The highest BCUT2D eigenvalue weighted by Crippen LogP contribution is 2.16. The quantitative estimate of drug-likeness (QED) is 0.379. The summed E-state index contributed by atoms with van der Waals surface area (Å²) < 4.78 is 5.68. The summed E-state index contributed by atoms with van der Waals surface area (Å²) in [5, 5.41) is 1.16. The molecule has 0 atom stereocenters. The predicted molar refractivity (Wildman–Crippen MR) is 140 cm³/mol. The minimum Gasteiger partial charge on any atom is -0.378 e. The maximum atomic E-state index is 12.6. The summed E-state index contributed by atoms with van der Waals surface area (Å²) in [6.45, 7) is 4.85. The van der Waals surface area contributed by atoms with Crippen LogP contribution in [-0.4, -0.2) is 85.6 Å². The van der Waals surface area contributed by atoms with Gasteiger partial charge in [0.05, 0.1) is 18.8 Å². The van der Waals surface area contributed by atoms with Crippen molar-refractivity contribution in [2.75, 3.05) is 58.9 Å². The molecule has 0 unspecified atom stereocenters. The molecule has 2 heterocycles. The number of para-hydroxylation sites is 1. The summed E-state index contributed by atoms with van der Waals surface area (Å²) in [6.07, 6.45) is 3.78. The van der Waals surface area contributed by atoms with Gasteiger partial charge in [-0.05, 0) is 42.5 Å². The number of fused-ring (bicyclic) bond motifs is 1. The topological polar surface area (TPSA) is 81.8 Å². The molecule has 1 aromatic carbocycles. The summed E-state index contributed by atoms with van der Waals surface area (Å²) in [7, 11) is 5.54. The maximum Gasteiger partial charge on any atom is 0.255 e. The number of aromatic nitrogens is 2. The van der Waals surface area contributed by atoms with Crippen LogP contribution in [0.4, 0.5) is 5.82 Å². The van der Waals surface area contributed by atoms with Gasteiger partial charge in [0.15, 0.2) is 0 Å². The van der Waals surface area contributed by atoms with Crippen LogP contribution < -0.4 is 4.90 Å². The molecular formula is C27H37N5O3. The number of carbonyl (C=O) groups excluding carboxylic acids is 2. The van der Waals surface area contributed by atoms with Crippen molar-refractivity contribution in [3.8, 4) is 0 Å². The van der Waals surface area contributed by atoms with Crippen LogP contribution in [0.15, 0.2) is 48.7 Å². The third-order valence-corrected chi connectivity index (χ3v) is 6.05. The molecular weight excluding hydrogens is 442 g/mol. The Hall–Kier alpha value is -3.39. The first-order chi connectivity index (χ1) is 16.9. The summed E-state index contributed by atoms with van der Waals surface area (Å²) >= 11 is 0. The number of carbonyl (C=O) groups is 2. The zero-order chi connectivity index (χ0) is 25.2. The van der Waals surface area contributed by atoms with E-state index in [1.54, 1.807) is 30.1 Å². The van der Waals surface area contributed by atoms with Gasteiger partial charge in [-0.25, -0.2) is 4.98 Å². The van der Waals surface area contributed by atoms with Crippen molar-refractivity contribution in [3.63, 3.8) is 0 Å². The predicted octanol–water partition coefficient (Wildman–Crippen LogP) is 3.59. The van der Waals surface area contributed by atoms with Crippen molar-refractivity contribution in [2.45, 2.75) is 26.2 Å². The molecule has 35 heavy (non-hydrogen) atoms. The van der Waals surface area contributed by atoms with Crippen molar-refractivity contribution in [2.24, 2.45) is 0 Å². The van der Waals surface area contributed by atoms with Gasteiger partial charge in [-0.3, -0.25) is 9.59 Å². The van der Waals surface area contributed by atoms with Crippen LogP contribution >= 0.6 is 0 Å². The molecule has 0 fully saturated rings. The lowest BCUT2D eigenvalue weighted by Crippen LogP contribution is -2.33. The van der Waals surface area contributed by atoms with Crippen molar-refractivity contribution < 1.29 is 14.3 Å². The lowest BCUT2D eigenvalue weighted by molar-refractivity contribution is -0.130. The van der Waals surface area contributed by atoms with Gasteiger partial charge in [0, 0.05) is 64.6 Å². The fraction of sp³-hybridized carbons (Fsp3) is 0.444. The van der Waals surface area contributed by atoms with Gasteiger partial charge in [-0.1, -0.05) is 25.1 Å². The van der Waals surface area contributed by atoms with Crippen molar-refractivity contribution in [3.05, 3.63) is 59.9 Å². The summed E-state index contributed by atoms with van der Waals surface area (Å²) in [6, 6.07) is 13.9. The Kier molecular flexibility index (Phi) is 9.66. The van der Waals surface area contributed by atoms with Crippen molar-refractivity contribution >= 4 is 28.5 Å². The maximum absolute atomic E-state index is 12.6. The van der Waals surface area contributed by atoms with Crippen molar-refractivity contribution in [1.82, 2.24) is 19.8 Å². The Bertz CT molecular complexity index is 1060. The Labute approximate surface area is 207 Å². The fourth-order valence-electron chi connectivity index (χ4n) is 3.84. The standard InChI is InChI=1S/C27H37N5O3/c1-5-14-30(2)25-12-10-22(20-28-25)27(34)32(4)16-18-35-17-15-31(3)26(33)13-11-23-19-21-8-6-7-9-24(21)29-23/h6-10,12,19-20,29H,5,11,13-18H2,1-4H3. The molecule has 0 saturated carbocycles. The highest BCUT2D eigenvalue weighted by atomic mass is 16.5. The number of aryl methyl sites for hydroxylation is 1. The zero-order valence-electron chi connectivity index (χ0n) is 21.3. The number of ether oxygens (including phenoxy) is 1. The number of nitrogens with one attached hydrogen (secondary N) is 1. The van der Waals surface area contributed by atoms with E-state index < -0.39 is 0 Å². The number of aromatic amines is 1. The molecule has 3 aromatic rings. The van der Waals surface area contributed by atoms with E-state index in [0.29, 0.717) is 44.7 Å². The van der Waals surface area contributed by atoms with E-state index in [4.69, 9.17) is 4.74 Å². The summed E-state index contributed by atoms with van der Waals surface area (Å²) in [5.41, 5.74) is 2.71. The fourth-order valence-corrected chi connectivity index (χ4v) is 3.84. The minimum absolute atomic E-state index is 0.0834. The molecule has 0 saturated heterocycles. The number of H-pyrrole nitrogens is 1. The number of likely N-dealkylation sites (N-methyl/N-ethyl adjacent to an activating group) is 2. The molecule has 0 aliphatic rings. The smallest absolute Gasteiger partial charge is 0.255 e. The van der Waals surface area contributed by atoms with Crippen LogP contribution in [0.2, 0.25) is 0 Å². The van der Waals surface area contributed by atoms with E-state index in [1.807, 2.05) is 37.4 Å². The molecule has 8 heteroatoms. The molecule has 0 spiro atoms. The van der Waals surface area contributed by atoms with Crippen LogP contribution in [0.25, 0.3) is 10.9 Å². The first kappa shape index (κ1) is 26.2. The Morgan fingerprint density at radius 1 is 0.971 bits per heavy atom. The van der Waals surface area contributed by atoms with E-state index in [0.717, 1.165) is 35.4 Å². The third-order valence-electron chi connectivity index (χ3n) is 6.05. The number of nitrogens with zero attached hydrogens (tertiary/aromatic N) is 4. The highest BCUT2D eigenvalue weighted by molar-refractivity contribution is 5.93. The Balaban J connectivity index is 1.32. The minimum atomic E-state index is -0.0879. The second-order valence-electron chi connectivity index (χ2n) is 8.86. The number of rotatable bonds is 13. The average molecular weight is 480 g/mol. The first-order valence-corrected chi connectivity index (χ1v) is 12.2. The number of hydrogen-bond acceptors (Lipinski definition) is 5. The van der Waals surface area contributed by atoms with Gasteiger partial charge in [0.25, 0.3) is 5.91 Å². The first-order valence-electron chi connectivity index (χ1n) is 12.2. The molecule has 0 aliphatic carbocycles. The summed E-state index contributed by atoms with van der Waals surface area (Å²) in [4.78, 5) is 38.2.